The van der Waals surface area contributed by atoms with Crippen LogP contribution in [0.2, 0.25) is 0 Å². The number of hydrogen-bond donors (Lipinski definition) is 1. The number of nitrogens with zero attached hydrogens (tertiary/aromatic N) is 3. The average Bonchev–Trinajstić information content (AvgIpc) is 2.45. The van der Waals surface area contributed by atoms with E-state index in [0.29, 0.717) is 11.4 Å². The van der Waals surface area contributed by atoms with Crippen LogP contribution < -0.4 is 5.32 Å². The molecular formula is C14H14N4. The molecule has 4 nitrogen and oxygen atoms in total. The molecule has 0 aliphatic carbocycles. The lowest BCUT2D eigenvalue weighted by atomic mass is 10.2. The number of nitrogens with one attached hydrogen (secondary N) is 1. The minimum absolute atomic E-state index is 0.558. The quantitative estimate of drug-likeness (QED) is 0.889. The Balaban J connectivity index is 2.37. The molecule has 90 valence electrons. The molecule has 4 heteroatoms. The molecule has 0 aliphatic heterocycles. The van der Waals surface area contributed by atoms with Crippen molar-refractivity contribution in [1.82, 2.24) is 9.97 Å². The van der Waals surface area contributed by atoms with E-state index in [1.807, 2.05) is 24.3 Å². The maximum atomic E-state index is 9.03. The largest absolute Gasteiger partial charge is 0.369 e. The molecule has 2 aromatic heterocycles. The zero-order valence-electron chi connectivity index (χ0n) is 10.2. The van der Waals surface area contributed by atoms with Crippen molar-refractivity contribution >= 4 is 5.82 Å². The summed E-state index contributed by atoms with van der Waals surface area (Å²) in [7, 11) is 0. The van der Waals surface area contributed by atoms with Gasteiger partial charge in [0.25, 0.3) is 0 Å². The number of pyridine rings is 2. The Bertz CT molecular complexity index is 558. The van der Waals surface area contributed by atoms with Crippen molar-refractivity contribution in [3.8, 4) is 17.5 Å². The maximum Gasteiger partial charge on any atom is 0.144 e. The van der Waals surface area contributed by atoms with Crippen LogP contribution in [0.4, 0.5) is 5.82 Å². The van der Waals surface area contributed by atoms with E-state index in [0.717, 1.165) is 24.4 Å². The van der Waals surface area contributed by atoms with Crippen LogP contribution in [0, 0.1) is 11.3 Å². The predicted octanol–water partition coefficient (Wildman–Crippen LogP) is 2.84. The van der Waals surface area contributed by atoms with Crippen molar-refractivity contribution in [2.75, 3.05) is 11.9 Å². The Morgan fingerprint density at radius 1 is 1.22 bits per heavy atom. The van der Waals surface area contributed by atoms with E-state index in [1.54, 1.807) is 12.3 Å². The van der Waals surface area contributed by atoms with E-state index in [4.69, 9.17) is 5.26 Å². The van der Waals surface area contributed by atoms with Gasteiger partial charge in [-0.25, -0.2) is 4.98 Å². The van der Waals surface area contributed by atoms with Gasteiger partial charge in [-0.1, -0.05) is 13.0 Å². The van der Waals surface area contributed by atoms with E-state index in [2.05, 4.69) is 28.3 Å². The lowest BCUT2D eigenvalue weighted by molar-refractivity contribution is 0.968. The van der Waals surface area contributed by atoms with Gasteiger partial charge >= 0.3 is 0 Å². The van der Waals surface area contributed by atoms with Crippen LogP contribution in [-0.2, 0) is 0 Å². The first-order valence-electron chi connectivity index (χ1n) is 5.91. The van der Waals surface area contributed by atoms with Gasteiger partial charge in [-0.05, 0) is 30.7 Å². The van der Waals surface area contributed by atoms with E-state index < -0.39 is 0 Å². The second-order valence-corrected chi connectivity index (χ2v) is 3.85. The summed E-state index contributed by atoms with van der Waals surface area (Å²) < 4.78 is 0. The molecule has 18 heavy (non-hydrogen) atoms. The molecule has 2 heterocycles. The van der Waals surface area contributed by atoms with Gasteiger partial charge < -0.3 is 5.32 Å². The fourth-order valence-corrected chi connectivity index (χ4v) is 1.58. The number of aromatic nitrogens is 2. The molecule has 0 bridgehead atoms. The lowest BCUT2D eigenvalue weighted by Crippen LogP contribution is -2.05. The lowest BCUT2D eigenvalue weighted by Gasteiger charge is -2.08. The molecule has 0 amide bonds. The summed E-state index contributed by atoms with van der Waals surface area (Å²) in [6.07, 6.45) is 2.72. The van der Waals surface area contributed by atoms with Crippen molar-refractivity contribution < 1.29 is 0 Å². The van der Waals surface area contributed by atoms with Crippen molar-refractivity contribution in [2.24, 2.45) is 0 Å². The summed E-state index contributed by atoms with van der Waals surface area (Å²) in [5.41, 5.74) is 2.14. The predicted molar refractivity (Wildman–Crippen MR) is 71.0 cm³/mol. The Hall–Kier alpha value is -2.41. The van der Waals surface area contributed by atoms with Crippen LogP contribution in [0.5, 0.6) is 0 Å². The van der Waals surface area contributed by atoms with Gasteiger partial charge in [0.05, 0.1) is 17.0 Å². The minimum atomic E-state index is 0.558. The SMILES string of the molecule is CCCNc1nc(-c2ccccn2)ccc1C#N. The van der Waals surface area contributed by atoms with Crippen LogP contribution in [0.15, 0.2) is 36.5 Å². The van der Waals surface area contributed by atoms with Gasteiger partial charge in [-0.15, -0.1) is 0 Å². The summed E-state index contributed by atoms with van der Waals surface area (Å²) in [5, 5.41) is 12.2. The summed E-state index contributed by atoms with van der Waals surface area (Å²) >= 11 is 0. The number of hydrogen-bond acceptors (Lipinski definition) is 4. The highest BCUT2D eigenvalue weighted by Gasteiger charge is 2.06. The summed E-state index contributed by atoms with van der Waals surface area (Å²) in [4.78, 5) is 8.71. The number of anilines is 1. The van der Waals surface area contributed by atoms with Gasteiger partial charge in [0.2, 0.25) is 0 Å². The molecule has 0 atom stereocenters. The van der Waals surface area contributed by atoms with E-state index >= 15 is 0 Å². The average molecular weight is 238 g/mol. The number of nitriles is 1. The fraction of sp³-hybridized carbons (Fsp3) is 0.214. The zero-order valence-corrected chi connectivity index (χ0v) is 10.2. The van der Waals surface area contributed by atoms with E-state index in [-0.39, 0.29) is 0 Å². The van der Waals surface area contributed by atoms with Gasteiger partial charge in [0.15, 0.2) is 0 Å². The van der Waals surface area contributed by atoms with Crippen molar-refractivity contribution in [2.45, 2.75) is 13.3 Å². The highest BCUT2D eigenvalue weighted by Crippen LogP contribution is 2.19. The highest BCUT2D eigenvalue weighted by atomic mass is 15.0. The normalized spacial score (nSPS) is 9.78. The molecule has 0 saturated carbocycles. The Labute approximate surface area is 106 Å². The van der Waals surface area contributed by atoms with Crippen molar-refractivity contribution in [3.63, 3.8) is 0 Å². The molecule has 0 saturated heterocycles. The van der Waals surface area contributed by atoms with Crippen molar-refractivity contribution in [3.05, 3.63) is 42.1 Å². The first-order valence-corrected chi connectivity index (χ1v) is 5.91. The Kier molecular flexibility index (Phi) is 3.87. The fourth-order valence-electron chi connectivity index (χ4n) is 1.58. The van der Waals surface area contributed by atoms with E-state index in [9.17, 15) is 0 Å². The smallest absolute Gasteiger partial charge is 0.144 e. The molecule has 2 aromatic rings. The van der Waals surface area contributed by atoms with Gasteiger partial charge in [0, 0.05) is 12.7 Å². The van der Waals surface area contributed by atoms with Crippen LogP contribution in [0.1, 0.15) is 18.9 Å². The minimum Gasteiger partial charge on any atom is -0.369 e. The standard InChI is InChI=1S/C14H14N4/c1-2-8-17-14-11(10-15)6-7-13(18-14)12-5-3-4-9-16-12/h3-7,9H,2,8H2,1H3,(H,17,18). The molecule has 0 spiro atoms. The molecule has 2 rings (SSSR count). The first-order chi connectivity index (χ1) is 8.85. The van der Waals surface area contributed by atoms with Gasteiger partial charge in [-0.3, -0.25) is 4.98 Å². The third kappa shape index (κ3) is 2.64. The molecule has 1 N–H and O–H groups in total. The van der Waals surface area contributed by atoms with Gasteiger partial charge in [-0.2, -0.15) is 5.26 Å². The van der Waals surface area contributed by atoms with Gasteiger partial charge in [0.1, 0.15) is 11.9 Å². The molecule has 0 fully saturated rings. The van der Waals surface area contributed by atoms with Crippen LogP contribution in [0.25, 0.3) is 11.4 Å². The maximum absolute atomic E-state index is 9.03. The van der Waals surface area contributed by atoms with Crippen LogP contribution in [0.3, 0.4) is 0 Å². The monoisotopic (exact) mass is 238 g/mol. The molecule has 0 unspecified atom stereocenters. The topological polar surface area (TPSA) is 61.6 Å². The molecule has 0 radical (unpaired) electrons. The third-order valence-electron chi connectivity index (χ3n) is 2.49. The van der Waals surface area contributed by atoms with Crippen LogP contribution in [-0.4, -0.2) is 16.5 Å². The highest BCUT2D eigenvalue weighted by molar-refractivity contribution is 5.61. The second kappa shape index (κ2) is 5.78. The Morgan fingerprint density at radius 3 is 2.78 bits per heavy atom. The van der Waals surface area contributed by atoms with E-state index in [1.165, 1.54) is 0 Å². The first kappa shape index (κ1) is 12.1. The zero-order chi connectivity index (χ0) is 12.8. The second-order valence-electron chi connectivity index (χ2n) is 3.85. The summed E-state index contributed by atoms with van der Waals surface area (Å²) in [6.45, 7) is 2.87. The molecule has 0 aliphatic rings. The summed E-state index contributed by atoms with van der Waals surface area (Å²) in [6, 6.07) is 11.4. The Morgan fingerprint density at radius 2 is 2.11 bits per heavy atom. The molecular weight excluding hydrogens is 224 g/mol. The van der Waals surface area contributed by atoms with Crippen molar-refractivity contribution in [1.29, 1.82) is 5.26 Å². The number of rotatable bonds is 4. The van der Waals surface area contributed by atoms with Crippen LogP contribution >= 0.6 is 0 Å². The summed E-state index contributed by atoms with van der Waals surface area (Å²) in [5.74, 6) is 0.627. The molecule has 0 aromatic carbocycles. The third-order valence-corrected chi connectivity index (χ3v) is 2.49.